The van der Waals surface area contributed by atoms with Gasteiger partial charge in [-0.3, -0.25) is 19.7 Å². The van der Waals surface area contributed by atoms with E-state index in [0.29, 0.717) is 10.0 Å². The van der Waals surface area contributed by atoms with Crippen LogP contribution in [0, 0.1) is 16.0 Å². The summed E-state index contributed by atoms with van der Waals surface area (Å²) in [5.41, 5.74) is 0.295. The number of nitro groups is 1. The van der Waals surface area contributed by atoms with Crippen LogP contribution in [0.4, 0.5) is 5.69 Å². The predicted molar refractivity (Wildman–Crippen MR) is 72.0 cm³/mol. The van der Waals surface area contributed by atoms with Crippen molar-refractivity contribution in [2.45, 2.75) is 13.0 Å². The van der Waals surface area contributed by atoms with Crippen LogP contribution in [0.15, 0.2) is 22.7 Å². The molecule has 106 valence electrons. The maximum Gasteiger partial charge on any atom is 0.308 e. The Bertz CT molecular complexity index is 589. The molecule has 0 aromatic heterocycles. The van der Waals surface area contributed by atoms with Crippen molar-refractivity contribution >= 4 is 33.5 Å². The van der Waals surface area contributed by atoms with Gasteiger partial charge in [0.25, 0.3) is 5.69 Å². The summed E-state index contributed by atoms with van der Waals surface area (Å²) < 4.78 is 0.573. The molecule has 20 heavy (non-hydrogen) atoms. The zero-order valence-corrected chi connectivity index (χ0v) is 11.9. The summed E-state index contributed by atoms with van der Waals surface area (Å²) in [6.45, 7) is 0.133. The smallest absolute Gasteiger partial charge is 0.308 e. The van der Waals surface area contributed by atoms with Gasteiger partial charge in [-0.05, 0) is 12.1 Å². The monoisotopic (exact) mass is 342 g/mol. The molecule has 1 atom stereocenters. The second-order valence-corrected chi connectivity index (χ2v) is 5.46. The van der Waals surface area contributed by atoms with Gasteiger partial charge in [-0.1, -0.05) is 15.9 Å². The van der Waals surface area contributed by atoms with Crippen LogP contribution >= 0.6 is 15.9 Å². The highest BCUT2D eigenvalue weighted by Gasteiger charge is 2.35. The number of amides is 1. The van der Waals surface area contributed by atoms with E-state index >= 15 is 0 Å². The van der Waals surface area contributed by atoms with Crippen molar-refractivity contribution in [1.29, 1.82) is 0 Å². The minimum atomic E-state index is -1.02. The first kappa shape index (κ1) is 14.4. The number of carbonyl (C=O) groups excluding carboxylic acids is 1. The van der Waals surface area contributed by atoms with Gasteiger partial charge in [-0.2, -0.15) is 0 Å². The Kier molecular flexibility index (Phi) is 4.03. The number of nitrogens with zero attached hydrogens (tertiary/aromatic N) is 2. The first-order chi connectivity index (χ1) is 9.38. The topological polar surface area (TPSA) is 101 Å². The molecule has 8 heteroatoms. The summed E-state index contributed by atoms with van der Waals surface area (Å²) >= 11 is 3.16. The molecule has 1 fully saturated rings. The molecule has 1 N–H and O–H groups in total. The third-order valence-electron chi connectivity index (χ3n) is 3.17. The number of likely N-dealkylation sites (tertiary alicyclic amines) is 1. The molecule has 0 saturated carbocycles. The molecule has 1 unspecified atom stereocenters. The Hall–Kier alpha value is -1.96. The van der Waals surface area contributed by atoms with Crippen LogP contribution in [0.5, 0.6) is 0 Å². The molecule has 1 aliphatic heterocycles. The third-order valence-corrected chi connectivity index (χ3v) is 3.66. The number of hydrogen-bond acceptors (Lipinski definition) is 4. The largest absolute Gasteiger partial charge is 0.481 e. The zero-order chi connectivity index (χ0) is 14.9. The molecule has 7 nitrogen and oxygen atoms in total. The van der Waals surface area contributed by atoms with Crippen molar-refractivity contribution in [3.05, 3.63) is 38.3 Å². The lowest BCUT2D eigenvalue weighted by molar-refractivity contribution is -0.385. The number of carboxylic acids is 1. The number of carbonyl (C=O) groups is 2. The third kappa shape index (κ3) is 2.96. The van der Waals surface area contributed by atoms with Gasteiger partial charge < -0.3 is 10.0 Å². The van der Waals surface area contributed by atoms with Crippen LogP contribution in [-0.4, -0.2) is 33.4 Å². The molecule has 2 rings (SSSR count). The second-order valence-electron chi connectivity index (χ2n) is 4.54. The molecule has 1 aliphatic rings. The molecule has 0 spiro atoms. The fourth-order valence-electron chi connectivity index (χ4n) is 2.14. The highest BCUT2D eigenvalue weighted by Crippen LogP contribution is 2.27. The predicted octanol–water partition coefficient (Wildman–Crippen LogP) is 1.79. The van der Waals surface area contributed by atoms with E-state index in [1.807, 2.05) is 0 Å². The lowest BCUT2D eigenvalue weighted by Gasteiger charge is -2.16. The molecule has 0 radical (unpaired) electrons. The van der Waals surface area contributed by atoms with Gasteiger partial charge in [0.1, 0.15) is 0 Å². The van der Waals surface area contributed by atoms with Crippen LogP contribution in [0.2, 0.25) is 0 Å². The Labute approximate surface area is 122 Å². The molecule has 1 aromatic carbocycles. The van der Waals surface area contributed by atoms with Crippen LogP contribution in [-0.2, 0) is 16.1 Å². The average Bonchev–Trinajstić information content (AvgIpc) is 2.73. The fraction of sp³-hybridized carbons (Fsp3) is 0.333. The zero-order valence-electron chi connectivity index (χ0n) is 10.3. The maximum atomic E-state index is 11.7. The summed E-state index contributed by atoms with van der Waals surface area (Å²) in [5, 5.41) is 19.9. The fourth-order valence-corrected chi connectivity index (χ4v) is 2.49. The van der Waals surface area contributed by atoms with Crippen LogP contribution < -0.4 is 0 Å². The van der Waals surface area contributed by atoms with E-state index < -0.39 is 16.8 Å². The quantitative estimate of drug-likeness (QED) is 0.663. The number of benzene rings is 1. The number of aliphatic carboxylic acids is 1. The molecule has 1 amide bonds. The number of rotatable bonds is 4. The molecule has 1 saturated heterocycles. The second kappa shape index (κ2) is 5.58. The standard InChI is InChI=1S/C12H11BrN2O5/c13-9-2-1-7(10(4-9)15(19)20)5-14-6-8(12(17)18)3-11(14)16/h1-2,4,8H,3,5-6H2,(H,17,18). The van der Waals surface area contributed by atoms with Gasteiger partial charge >= 0.3 is 5.97 Å². The van der Waals surface area contributed by atoms with E-state index in [9.17, 15) is 19.7 Å². The normalized spacial score (nSPS) is 18.4. The lowest BCUT2D eigenvalue weighted by Crippen LogP contribution is -2.26. The SMILES string of the molecule is O=C(O)C1CC(=O)N(Cc2ccc(Br)cc2[N+](=O)[O-])C1. The Morgan fingerprint density at radius 2 is 2.25 bits per heavy atom. The van der Waals surface area contributed by atoms with Crippen LogP contribution in [0.1, 0.15) is 12.0 Å². The summed E-state index contributed by atoms with van der Waals surface area (Å²) in [6.07, 6.45) is -0.0559. The van der Waals surface area contributed by atoms with Gasteiger partial charge in [-0.15, -0.1) is 0 Å². The molecular formula is C12H11BrN2O5. The van der Waals surface area contributed by atoms with E-state index in [1.165, 1.54) is 11.0 Å². The first-order valence-electron chi connectivity index (χ1n) is 5.82. The van der Waals surface area contributed by atoms with Gasteiger partial charge in [0, 0.05) is 29.1 Å². The molecular weight excluding hydrogens is 332 g/mol. The van der Waals surface area contributed by atoms with E-state index in [2.05, 4.69) is 15.9 Å². The van der Waals surface area contributed by atoms with E-state index in [0.717, 1.165) is 0 Å². The molecule has 1 heterocycles. The van der Waals surface area contributed by atoms with Gasteiger partial charge in [0.05, 0.1) is 17.4 Å². The minimum Gasteiger partial charge on any atom is -0.481 e. The summed E-state index contributed by atoms with van der Waals surface area (Å²) in [4.78, 5) is 34.4. The number of carboxylic acid groups (broad SMARTS) is 1. The lowest BCUT2D eigenvalue weighted by atomic mass is 10.1. The van der Waals surface area contributed by atoms with E-state index in [4.69, 9.17) is 5.11 Å². The first-order valence-corrected chi connectivity index (χ1v) is 6.61. The Morgan fingerprint density at radius 3 is 2.80 bits per heavy atom. The maximum absolute atomic E-state index is 11.7. The average molecular weight is 343 g/mol. The van der Waals surface area contributed by atoms with Crippen LogP contribution in [0.3, 0.4) is 0 Å². The van der Waals surface area contributed by atoms with Crippen molar-refractivity contribution in [3.63, 3.8) is 0 Å². The van der Waals surface area contributed by atoms with Crippen molar-refractivity contribution in [2.75, 3.05) is 6.54 Å². The summed E-state index contributed by atoms with van der Waals surface area (Å²) in [7, 11) is 0. The molecule has 0 aliphatic carbocycles. The number of hydrogen-bond donors (Lipinski definition) is 1. The van der Waals surface area contributed by atoms with Crippen molar-refractivity contribution in [2.24, 2.45) is 5.92 Å². The minimum absolute atomic E-state index is 0.0478. The van der Waals surface area contributed by atoms with Crippen molar-refractivity contribution in [1.82, 2.24) is 4.90 Å². The summed E-state index contributed by atoms with van der Waals surface area (Å²) in [6, 6.07) is 4.58. The Morgan fingerprint density at radius 1 is 1.55 bits per heavy atom. The van der Waals surface area contributed by atoms with Crippen molar-refractivity contribution in [3.8, 4) is 0 Å². The van der Waals surface area contributed by atoms with Gasteiger partial charge in [0.15, 0.2) is 0 Å². The Balaban J connectivity index is 2.21. The van der Waals surface area contributed by atoms with E-state index in [-0.39, 0.29) is 31.1 Å². The van der Waals surface area contributed by atoms with Gasteiger partial charge in [-0.25, -0.2) is 0 Å². The molecule has 0 bridgehead atoms. The highest BCUT2D eigenvalue weighted by molar-refractivity contribution is 9.10. The number of nitro benzene ring substituents is 1. The van der Waals surface area contributed by atoms with Crippen molar-refractivity contribution < 1.29 is 19.6 Å². The summed E-state index contributed by atoms with van der Waals surface area (Å²) in [5.74, 6) is -2.06. The number of halogens is 1. The molecule has 1 aromatic rings. The van der Waals surface area contributed by atoms with E-state index in [1.54, 1.807) is 12.1 Å². The highest BCUT2D eigenvalue weighted by atomic mass is 79.9. The van der Waals surface area contributed by atoms with Gasteiger partial charge in [0.2, 0.25) is 5.91 Å². The van der Waals surface area contributed by atoms with Crippen LogP contribution in [0.25, 0.3) is 0 Å².